The molecule has 1 N–H and O–H groups in total. The van der Waals surface area contributed by atoms with E-state index in [1.54, 1.807) is 6.07 Å². The highest BCUT2D eigenvalue weighted by molar-refractivity contribution is 5.96. The Morgan fingerprint density at radius 1 is 0.900 bits per heavy atom. The van der Waals surface area contributed by atoms with Gasteiger partial charge in [-0.2, -0.15) is 0 Å². The van der Waals surface area contributed by atoms with Crippen LogP contribution in [0, 0.1) is 0 Å². The Bertz CT molecular complexity index is 783. The van der Waals surface area contributed by atoms with E-state index in [0.29, 0.717) is 25.4 Å². The van der Waals surface area contributed by atoms with Crippen molar-refractivity contribution in [3.63, 3.8) is 0 Å². The van der Waals surface area contributed by atoms with Crippen LogP contribution in [-0.2, 0) is 19.6 Å². The van der Waals surface area contributed by atoms with E-state index in [0.717, 1.165) is 30.8 Å². The van der Waals surface area contributed by atoms with E-state index in [1.165, 1.54) is 5.56 Å². The van der Waals surface area contributed by atoms with Crippen molar-refractivity contribution in [2.45, 2.75) is 46.0 Å². The van der Waals surface area contributed by atoms with Crippen LogP contribution < -0.4 is 5.32 Å². The zero-order chi connectivity index (χ0) is 21.8. The van der Waals surface area contributed by atoms with E-state index in [9.17, 15) is 4.79 Å². The molecular weight excluding hydrogens is 378 g/mol. The van der Waals surface area contributed by atoms with Gasteiger partial charge in [0.15, 0.2) is 0 Å². The Morgan fingerprint density at radius 3 is 2.33 bits per heavy atom. The van der Waals surface area contributed by atoms with E-state index in [2.05, 4.69) is 45.1 Å². The van der Waals surface area contributed by atoms with Crippen molar-refractivity contribution in [2.75, 3.05) is 38.4 Å². The lowest BCUT2D eigenvalue weighted by molar-refractivity contribution is 0.0144. The average molecular weight is 414 g/mol. The number of ether oxygens (including phenoxy) is 3. The van der Waals surface area contributed by atoms with E-state index in [4.69, 9.17) is 14.2 Å². The summed E-state index contributed by atoms with van der Waals surface area (Å²) in [4.78, 5) is 12.5. The molecular formula is C25H35NO4. The monoisotopic (exact) mass is 413 g/mol. The Morgan fingerprint density at radius 2 is 1.60 bits per heavy atom. The molecule has 0 fully saturated rings. The SMILES string of the molecule is CCCCOCCOCCOC(=O)c1ccccc1Nc1cccc(C(C)(C)C)c1. The molecule has 0 spiro atoms. The molecule has 0 aromatic heterocycles. The molecule has 0 saturated heterocycles. The number of unbranched alkanes of at least 4 members (excludes halogenated alkanes) is 1. The predicted octanol–water partition coefficient (Wildman–Crippen LogP) is 5.72. The summed E-state index contributed by atoms with van der Waals surface area (Å²) in [5, 5.41) is 3.35. The van der Waals surface area contributed by atoms with Gasteiger partial charge in [0.25, 0.3) is 0 Å². The van der Waals surface area contributed by atoms with Gasteiger partial charge in [-0.1, -0.05) is 58.4 Å². The Kier molecular flexibility index (Phi) is 9.84. The van der Waals surface area contributed by atoms with E-state index in [-0.39, 0.29) is 18.0 Å². The van der Waals surface area contributed by atoms with Crippen molar-refractivity contribution in [3.8, 4) is 0 Å². The minimum atomic E-state index is -0.368. The van der Waals surface area contributed by atoms with Crippen molar-refractivity contribution in [1.82, 2.24) is 0 Å². The Balaban J connectivity index is 1.85. The number of hydrogen-bond acceptors (Lipinski definition) is 5. The van der Waals surface area contributed by atoms with Crippen molar-refractivity contribution in [1.29, 1.82) is 0 Å². The summed E-state index contributed by atoms with van der Waals surface area (Å²) in [5.41, 5.74) is 3.44. The molecule has 0 radical (unpaired) electrons. The molecule has 5 heteroatoms. The normalized spacial score (nSPS) is 11.3. The number of rotatable bonds is 12. The molecule has 0 atom stereocenters. The van der Waals surface area contributed by atoms with Gasteiger partial charge in [0.1, 0.15) is 6.61 Å². The highest BCUT2D eigenvalue weighted by Gasteiger charge is 2.15. The fourth-order valence-electron chi connectivity index (χ4n) is 2.83. The summed E-state index contributed by atoms with van der Waals surface area (Å²) in [7, 11) is 0. The largest absolute Gasteiger partial charge is 0.460 e. The maximum absolute atomic E-state index is 12.5. The quantitative estimate of drug-likeness (QED) is 0.356. The summed E-state index contributed by atoms with van der Waals surface area (Å²) >= 11 is 0. The molecule has 0 aliphatic rings. The van der Waals surface area contributed by atoms with Crippen LogP contribution in [0.2, 0.25) is 0 Å². The molecule has 0 unspecified atom stereocenters. The first kappa shape index (κ1) is 23.9. The Hall–Kier alpha value is -2.37. The number of benzene rings is 2. The number of esters is 1. The van der Waals surface area contributed by atoms with Gasteiger partial charge in [-0.3, -0.25) is 0 Å². The molecule has 5 nitrogen and oxygen atoms in total. The molecule has 30 heavy (non-hydrogen) atoms. The van der Waals surface area contributed by atoms with Crippen molar-refractivity contribution in [2.24, 2.45) is 0 Å². The van der Waals surface area contributed by atoms with Gasteiger partial charge in [0, 0.05) is 12.3 Å². The van der Waals surface area contributed by atoms with Crippen molar-refractivity contribution < 1.29 is 19.0 Å². The van der Waals surface area contributed by atoms with Crippen LogP contribution in [0.1, 0.15) is 56.5 Å². The minimum absolute atomic E-state index is 0.0528. The smallest absolute Gasteiger partial charge is 0.340 e. The van der Waals surface area contributed by atoms with E-state index < -0.39 is 0 Å². The standard InChI is InChI=1S/C25H35NO4/c1-5-6-14-28-15-16-29-17-18-30-24(27)22-12-7-8-13-23(22)26-21-11-9-10-20(19-21)25(2,3)4/h7-13,19,26H,5-6,14-18H2,1-4H3. The van der Waals surface area contributed by atoms with Crippen LogP contribution in [-0.4, -0.2) is 39.0 Å². The minimum Gasteiger partial charge on any atom is -0.460 e. The fraction of sp³-hybridized carbons (Fsp3) is 0.480. The van der Waals surface area contributed by atoms with Crippen LogP contribution in [0.4, 0.5) is 11.4 Å². The van der Waals surface area contributed by atoms with Gasteiger partial charge >= 0.3 is 5.97 Å². The van der Waals surface area contributed by atoms with Gasteiger partial charge in [-0.05, 0) is 41.7 Å². The number of anilines is 2. The number of para-hydroxylation sites is 1. The highest BCUT2D eigenvalue weighted by Crippen LogP contribution is 2.27. The molecule has 0 aliphatic carbocycles. The first-order valence-electron chi connectivity index (χ1n) is 10.7. The summed E-state index contributed by atoms with van der Waals surface area (Å²) in [6.07, 6.45) is 2.18. The average Bonchev–Trinajstić information content (AvgIpc) is 2.72. The lowest BCUT2D eigenvalue weighted by Gasteiger charge is -2.20. The molecule has 0 aliphatic heterocycles. The molecule has 0 amide bonds. The molecule has 0 heterocycles. The zero-order valence-electron chi connectivity index (χ0n) is 18.7. The van der Waals surface area contributed by atoms with Gasteiger partial charge in [-0.15, -0.1) is 0 Å². The highest BCUT2D eigenvalue weighted by atomic mass is 16.6. The molecule has 2 rings (SSSR count). The second-order valence-corrected chi connectivity index (χ2v) is 8.22. The van der Waals surface area contributed by atoms with Crippen LogP contribution in [0.15, 0.2) is 48.5 Å². The van der Waals surface area contributed by atoms with Gasteiger partial charge in [0.05, 0.1) is 31.1 Å². The molecule has 2 aromatic rings. The topological polar surface area (TPSA) is 56.8 Å². The first-order valence-corrected chi connectivity index (χ1v) is 10.7. The number of nitrogens with one attached hydrogen (secondary N) is 1. The number of carbonyl (C=O) groups excluding carboxylic acids is 1. The second-order valence-electron chi connectivity index (χ2n) is 8.22. The third kappa shape index (κ3) is 8.17. The lowest BCUT2D eigenvalue weighted by Crippen LogP contribution is -2.14. The third-order valence-corrected chi connectivity index (χ3v) is 4.63. The third-order valence-electron chi connectivity index (χ3n) is 4.63. The molecule has 0 bridgehead atoms. The van der Waals surface area contributed by atoms with Crippen LogP contribution in [0.3, 0.4) is 0 Å². The summed E-state index contributed by atoms with van der Waals surface area (Å²) in [6.45, 7) is 11.1. The zero-order valence-corrected chi connectivity index (χ0v) is 18.7. The van der Waals surface area contributed by atoms with E-state index >= 15 is 0 Å². The maximum atomic E-state index is 12.5. The summed E-state index contributed by atoms with van der Waals surface area (Å²) in [5.74, 6) is -0.368. The molecule has 164 valence electrons. The number of hydrogen-bond donors (Lipinski definition) is 1. The number of carbonyl (C=O) groups is 1. The predicted molar refractivity (Wildman–Crippen MR) is 122 cm³/mol. The van der Waals surface area contributed by atoms with Crippen LogP contribution in [0.25, 0.3) is 0 Å². The van der Waals surface area contributed by atoms with Crippen molar-refractivity contribution >= 4 is 17.3 Å². The van der Waals surface area contributed by atoms with Gasteiger partial charge in [-0.25, -0.2) is 4.79 Å². The van der Waals surface area contributed by atoms with Crippen LogP contribution >= 0.6 is 0 Å². The van der Waals surface area contributed by atoms with Crippen molar-refractivity contribution in [3.05, 3.63) is 59.7 Å². The first-order chi connectivity index (χ1) is 14.4. The van der Waals surface area contributed by atoms with Gasteiger partial charge in [0.2, 0.25) is 0 Å². The summed E-state index contributed by atoms with van der Waals surface area (Å²) in [6, 6.07) is 15.6. The Labute approximate surface area is 180 Å². The molecule has 0 saturated carbocycles. The van der Waals surface area contributed by atoms with E-state index in [1.807, 2.05) is 30.3 Å². The van der Waals surface area contributed by atoms with Gasteiger partial charge < -0.3 is 19.5 Å². The van der Waals surface area contributed by atoms with Crippen LogP contribution in [0.5, 0.6) is 0 Å². The fourth-order valence-corrected chi connectivity index (χ4v) is 2.83. The maximum Gasteiger partial charge on any atom is 0.340 e. The lowest BCUT2D eigenvalue weighted by atomic mass is 9.87. The summed E-state index contributed by atoms with van der Waals surface area (Å²) < 4.78 is 16.3. The molecule has 2 aromatic carbocycles. The second kappa shape index (κ2) is 12.4.